The summed E-state index contributed by atoms with van der Waals surface area (Å²) < 4.78 is 10.9. The highest BCUT2D eigenvalue weighted by molar-refractivity contribution is 6.09. The number of methoxy groups -OCH3 is 2. The Hall–Kier alpha value is -2.16. The lowest BCUT2D eigenvalue weighted by atomic mass is 9.62. The topological polar surface area (TPSA) is 120 Å². The summed E-state index contributed by atoms with van der Waals surface area (Å²) in [5.74, 6) is -1.87. The van der Waals surface area contributed by atoms with Crippen LogP contribution < -0.4 is 5.73 Å². The zero-order valence-electron chi connectivity index (χ0n) is 13.4. The first kappa shape index (κ1) is 16.2. The molecule has 0 spiro atoms. The Balaban J connectivity index is 2.89. The summed E-state index contributed by atoms with van der Waals surface area (Å²) in [7, 11) is 6.25. The van der Waals surface area contributed by atoms with Gasteiger partial charge in [0.15, 0.2) is 5.41 Å². The molecule has 8 nitrogen and oxygen atoms in total. The van der Waals surface area contributed by atoms with Crippen molar-refractivity contribution in [1.82, 2.24) is 5.01 Å². The predicted molar refractivity (Wildman–Crippen MR) is 79.4 cm³/mol. The number of hydrogen-bond acceptors (Lipinski definition) is 8. The molecule has 1 heterocycles. The molecule has 2 N–H and O–H groups in total. The molecule has 118 valence electrons. The third kappa shape index (κ3) is 1.46. The van der Waals surface area contributed by atoms with Crippen molar-refractivity contribution < 1.29 is 9.47 Å². The molecule has 1 fully saturated rings. The standard InChI is InChI=1S/C14H20N6O2/c1-9-6-10(19-20(2)3)13(8-16)12(9,7-15)11(17)18-14(13,21-4)22-5/h9H,6H2,1-5H3,(H2,17,18)/b19-10-/t9-,12+,13+/m1/s1. The van der Waals surface area contributed by atoms with Crippen molar-refractivity contribution in [3.05, 3.63) is 0 Å². The van der Waals surface area contributed by atoms with Gasteiger partial charge in [-0.25, -0.2) is 4.99 Å². The minimum absolute atomic E-state index is 0.0525. The van der Waals surface area contributed by atoms with Crippen molar-refractivity contribution in [3.63, 3.8) is 0 Å². The second kappa shape index (κ2) is 4.94. The fourth-order valence-electron chi connectivity index (χ4n) is 3.71. The van der Waals surface area contributed by atoms with Crippen LogP contribution in [-0.2, 0) is 9.47 Å². The molecule has 1 aliphatic heterocycles. The van der Waals surface area contributed by atoms with Gasteiger partial charge in [0.25, 0.3) is 5.91 Å². The number of fused-ring (bicyclic) bond motifs is 1. The summed E-state index contributed by atoms with van der Waals surface area (Å²) in [6, 6.07) is 4.44. The number of amidine groups is 1. The number of nitrogens with two attached hydrogens (primary N) is 1. The van der Waals surface area contributed by atoms with Crippen LogP contribution in [0.1, 0.15) is 13.3 Å². The number of aliphatic imine (C=N–C) groups is 1. The summed E-state index contributed by atoms with van der Waals surface area (Å²) in [6.07, 6.45) is 0.435. The molecule has 0 amide bonds. The average molecular weight is 304 g/mol. The number of nitriles is 2. The smallest absolute Gasteiger partial charge is 0.297 e. The van der Waals surface area contributed by atoms with Gasteiger partial charge in [0, 0.05) is 28.3 Å². The molecule has 1 saturated carbocycles. The van der Waals surface area contributed by atoms with Gasteiger partial charge in [0.2, 0.25) is 0 Å². The van der Waals surface area contributed by atoms with E-state index in [2.05, 4.69) is 22.2 Å². The van der Waals surface area contributed by atoms with Gasteiger partial charge < -0.3 is 20.2 Å². The Kier molecular flexibility index (Phi) is 3.64. The van der Waals surface area contributed by atoms with Gasteiger partial charge >= 0.3 is 0 Å². The van der Waals surface area contributed by atoms with Crippen molar-refractivity contribution >= 4 is 11.5 Å². The minimum Gasteiger partial charge on any atom is -0.386 e. The van der Waals surface area contributed by atoms with E-state index in [1.54, 1.807) is 19.1 Å². The first-order valence-electron chi connectivity index (χ1n) is 6.85. The van der Waals surface area contributed by atoms with Gasteiger partial charge in [-0.1, -0.05) is 6.92 Å². The third-order valence-corrected chi connectivity index (χ3v) is 4.63. The van der Waals surface area contributed by atoms with Gasteiger partial charge in [-0.2, -0.15) is 15.6 Å². The Bertz CT molecular complexity index is 624. The molecule has 3 atom stereocenters. The molecule has 0 bridgehead atoms. The highest BCUT2D eigenvalue weighted by Crippen LogP contribution is 2.64. The van der Waals surface area contributed by atoms with E-state index in [9.17, 15) is 10.5 Å². The van der Waals surface area contributed by atoms with E-state index >= 15 is 0 Å². The molecule has 2 aliphatic rings. The second-order valence-electron chi connectivity index (χ2n) is 5.77. The van der Waals surface area contributed by atoms with E-state index in [0.29, 0.717) is 12.1 Å². The lowest BCUT2D eigenvalue weighted by Gasteiger charge is -2.39. The summed E-state index contributed by atoms with van der Waals surface area (Å²) in [5, 5.41) is 25.9. The fraction of sp³-hybridized carbons (Fsp3) is 0.714. The van der Waals surface area contributed by atoms with Crippen LogP contribution in [0.3, 0.4) is 0 Å². The molecule has 1 aliphatic carbocycles. The summed E-state index contributed by atoms with van der Waals surface area (Å²) in [4.78, 5) is 4.24. The van der Waals surface area contributed by atoms with Gasteiger partial charge in [-0.05, 0) is 12.3 Å². The largest absolute Gasteiger partial charge is 0.386 e. The van der Waals surface area contributed by atoms with Crippen molar-refractivity contribution in [2.45, 2.75) is 19.3 Å². The molecular formula is C14H20N6O2. The van der Waals surface area contributed by atoms with Crippen molar-refractivity contribution in [2.75, 3.05) is 28.3 Å². The number of ether oxygens (including phenoxy) is 2. The van der Waals surface area contributed by atoms with Crippen molar-refractivity contribution in [2.24, 2.45) is 32.6 Å². The highest BCUT2D eigenvalue weighted by atomic mass is 16.7. The minimum atomic E-state index is -1.68. The fourth-order valence-corrected chi connectivity index (χ4v) is 3.71. The summed E-state index contributed by atoms with van der Waals surface area (Å²) in [5.41, 5.74) is 3.72. The first-order valence-corrected chi connectivity index (χ1v) is 6.85. The Morgan fingerprint density at radius 1 is 1.32 bits per heavy atom. The third-order valence-electron chi connectivity index (χ3n) is 4.63. The maximum atomic E-state index is 10.1. The monoisotopic (exact) mass is 304 g/mol. The lowest BCUT2D eigenvalue weighted by molar-refractivity contribution is -0.240. The molecule has 8 heteroatoms. The van der Waals surface area contributed by atoms with E-state index in [-0.39, 0.29) is 11.8 Å². The normalized spacial score (nSPS) is 37.3. The zero-order chi connectivity index (χ0) is 16.8. The highest BCUT2D eigenvalue weighted by Gasteiger charge is 2.80. The molecule has 2 rings (SSSR count). The summed E-state index contributed by atoms with van der Waals surface area (Å²) in [6.45, 7) is 1.86. The summed E-state index contributed by atoms with van der Waals surface area (Å²) >= 11 is 0. The molecular weight excluding hydrogens is 284 g/mol. The van der Waals surface area contributed by atoms with Crippen LogP contribution in [-0.4, -0.2) is 50.8 Å². The zero-order valence-corrected chi connectivity index (χ0v) is 13.4. The van der Waals surface area contributed by atoms with Gasteiger partial charge in [-0.3, -0.25) is 0 Å². The number of hydrazone groups is 1. The number of rotatable bonds is 3. The molecule has 0 unspecified atom stereocenters. The van der Waals surface area contributed by atoms with E-state index < -0.39 is 16.7 Å². The quantitative estimate of drug-likeness (QED) is 0.590. The maximum Gasteiger partial charge on any atom is 0.297 e. The number of nitrogens with zero attached hydrogens (tertiary/aromatic N) is 5. The molecule has 0 saturated heterocycles. The van der Waals surface area contributed by atoms with Gasteiger partial charge in [-0.15, -0.1) is 0 Å². The van der Waals surface area contributed by atoms with E-state index in [4.69, 9.17) is 15.2 Å². The molecule has 22 heavy (non-hydrogen) atoms. The molecule has 0 aromatic carbocycles. The van der Waals surface area contributed by atoms with Gasteiger partial charge in [0.05, 0.1) is 17.9 Å². The van der Waals surface area contributed by atoms with Crippen LogP contribution in [0.15, 0.2) is 10.1 Å². The Labute approximate surface area is 129 Å². The van der Waals surface area contributed by atoms with Crippen molar-refractivity contribution in [3.8, 4) is 12.1 Å². The maximum absolute atomic E-state index is 10.1. The predicted octanol–water partition coefficient (Wildman–Crippen LogP) is 0.281. The molecule has 0 aromatic rings. The van der Waals surface area contributed by atoms with Crippen LogP contribution in [0.5, 0.6) is 0 Å². The van der Waals surface area contributed by atoms with Crippen LogP contribution in [0, 0.1) is 39.4 Å². The SMILES string of the molecule is COC1(OC)N=C(N)[C@]2(C#N)[C@H](C)C/C(=N/N(C)C)[C@]12C#N. The Morgan fingerprint density at radius 3 is 2.32 bits per heavy atom. The van der Waals surface area contributed by atoms with Crippen LogP contribution >= 0.6 is 0 Å². The van der Waals surface area contributed by atoms with Crippen LogP contribution in [0.25, 0.3) is 0 Å². The van der Waals surface area contributed by atoms with E-state index in [0.717, 1.165) is 0 Å². The van der Waals surface area contributed by atoms with Gasteiger partial charge in [0.1, 0.15) is 11.3 Å². The average Bonchev–Trinajstić information content (AvgIpc) is 2.86. The number of hydrogen-bond donors (Lipinski definition) is 1. The van der Waals surface area contributed by atoms with Crippen LogP contribution in [0.4, 0.5) is 0 Å². The second-order valence-corrected chi connectivity index (χ2v) is 5.77. The van der Waals surface area contributed by atoms with E-state index in [1.165, 1.54) is 14.2 Å². The van der Waals surface area contributed by atoms with Crippen molar-refractivity contribution in [1.29, 1.82) is 10.5 Å². The lowest BCUT2D eigenvalue weighted by Crippen LogP contribution is -2.58. The van der Waals surface area contributed by atoms with E-state index in [1.807, 2.05) is 6.92 Å². The molecule has 0 aromatic heterocycles. The van der Waals surface area contributed by atoms with Crippen LogP contribution in [0.2, 0.25) is 0 Å². The molecule has 0 radical (unpaired) electrons. The first-order chi connectivity index (χ1) is 10.3. The Morgan fingerprint density at radius 2 is 1.91 bits per heavy atom.